The zero-order valence-corrected chi connectivity index (χ0v) is 16.8. The Balaban J connectivity index is 1.24. The van der Waals surface area contributed by atoms with Gasteiger partial charge in [0.1, 0.15) is 23.8 Å². The van der Waals surface area contributed by atoms with E-state index in [0.29, 0.717) is 19.5 Å². The van der Waals surface area contributed by atoms with Crippen LogP contribution < -0.4 is 4.90 Å². The number of piperazine rings is 1. The van der Waals surface area contributed by atoms with Crippen LogP contribution in [0, 0.1) is 6.92 Å². The molecular weight excluding hydrogens is 378 g/mol. The number of nitrogens with one attached hydrogen (secondary N) is 1. The molecule has 0 atom stereocenters. The summed E-state index contributed by atoms with van der Waals surface area (Å²) in [5, 5.41) is 1.12. The normalized spacial score (nSPS) is 14.4. The second kappa shape index (κ2) is 7.62. The maximum absolute atomic E-state index is 12.9. The van der Waals surface area contributed by atoms with Gasteiger partial charge in [0.25, 0.3) is 0 Å². The predicted molar refractivity (Wildman–Crippen MR) is 115 cm³/mol. The summed E-state index contributed by atoms with van der Waals surface area (Å²) in [4.78, 5) is 33.3. The molecule has 30 heavy (non-hydrogen) atoms. The number of aromatic amines is 1. The minimum absolute atomic E-state index is 0.164. The van der Waals surface area contributed by atoms with Gasteiger partial charge in [0.05, 0.1) is 6.42 Å². The molecule has 0 radical (unpaired) electrons. The summed E-state index contributed by atoms with van der Waals surface area (Å²) in [6.07, 6.45) is 7.59. The largest absolute Gasteiger partial charge is 0.361 e. The Kier molecular flexibility index (Phi) is 4.66. The fourth-order valence-electron chi connectivity index (χ4n) is 4.00. The summed E-state index contributed by atoms with van der Waals surface area (Å²) in [5.74, 6) is 2.72. The van der Waals surface area contributed by atoms with Crippen LogP contribution >= 0.6 is 0 Å². The number of imidazole rings is 1. The monoisotopic (exact) mass is 401 g/mol. The Morgan fingerprint density at radius 1 is 1.07 bits per heavy atom. The number of anilines is 1. The molecule has 4 aromatic rings. The first kappa shape index (κ1) is 18.4. The Labute approximate surface area is 174 Å². The highest BCUT2D eigenvalue weighted by molar-refractivity contribution is 5.89. The van der Waals surface area contributed by atoms with E-state index in [2.05, 4.69) is 30.9 Å². The van der Waals surface area contributed by atoms with Crippen molar-refractivity contribution in [1.82, 2.24) is 29.4 Å². The number of H-pyrrole nitrogens is 1. The number of aromatic nitrogens is 5. The third-order valence-corrected chi connectivity index (χ3v) is 5.68. The first-order valence-electron chi connectivity index (χ1n) is 10.1. The van der Waals surface area contributed by atoms with E-state index in [1.54, 1.807) is 12.5 Å². The first-order chi connectivity index (χ1) is 14.7. The van der Waals surface area contributed by atoms with Crippen molar-refractivity contribution in [3.63, 3.8) is 0 Å². The Hall–Kier alpha value is -3.68. The third kappa shape index (κ3) is 3.41. The molecule has 1 fully saturated rings. The highest BCUT2D eigenvalue weighted by Gasteiger charge is 2.23. The van der Waals surface area contributed by atoms with Crippen LogP contribution in [0.25, 0.3) is 16.7 Å². The number of rotatable bonds is 4. The topological polar surface area (TPSA) is 82.9 Å². The van der Waals surface area contributed by atoms with Crippen LogP contribution in [0.15, 0.2) is 55.2 Å². The molecule has 8 nitrogen and oxygen atoms in total. The smallest absolute Gasteiger partial charge is 0.227 e. The van der Waals surface area contributed by atoms with Gasteiger partial charge in [-0.1, -0.05) is 18.2 Å². The lowest BCUT2D eigenvalue weighted by molar-refractivity contribution is -0.130. The van der Waals surface area contributed by atoms with Crippen molar-refractivity contribution in [2.45, 2.75) is 13.3 Å². The molecule has 1 aliphatic rings. The molecule has 0 saturated carbocycles. The van der Waals surface area contributed by atoms with Gasteiger partial charge in [-0.15, -0.1) is 0 Å². The average molecular weight is 401 g/mol. The van der Waals surface area contributed by atoms with Gasteiger partial charge in [-0.3, -0.25) is 9.36 Å². The van der Waals surface area contributed by atoms with Crippen LogP contribution in [-0.4, -0.2) is 61.5 Å². The number of carbonyl (C=O) groups excluding carboxylic acids is 1. The lowest BCUT2D eigenvalue weighted by Crippen LogP contribution is -2.49. The van der Waals surface area contributed by atoms with E-state index in [1.807, 2.05) is 53.0 Å². The number of fused-ring (bicyclic) bond motifs is 1. The number of hydrogen-bond acceptors (Lipinski definition) is 5. The number of para-hydroxylation sites is 1. The summed E-state index contributed by atoms with van der Waals surface area (Å²) in [7, 11) is 0. The number of carbonyl (C=O) groups is 1. The van der Waals surface area contributed by atoms with Crippen LogP contribution in [0.3, 0.4) is 0 Å². The molecule has 1 amide bonds. The molecule has 1 saturated heterocycles. The van der Waals surface area contributed by atoms with Crippen LogP contribution in [0.2, 0.25) is 0 Å². The minimum atomic E-state index is 0.164. The minimum Gasteiger partial charge on any atom is -0.361 e. The fraction of sp³-hybridized carbons (Fsp3) is 0.273. The van der Waals surface area contributed by atoms with E-state index in [-0.39, 0.29) is 5.91 Å². The molecule has 0 unspecified atom stereocenters. The van der Waals surface area contributed by atoms with Crippen molar-refractivity contribution in [1.29, 1.82) is 0 Å². The van der Waals surface area contributed by atoms with Crippen molar-refractivity contribution in [2.75, 3.05) is 31.1 Å². The van der Waals surface area contributed by atoms with E-state index in [9.17, 15) is 4.79 Å². The van der Waals surface area contributed by atoms with Gasteiger partial charge >= 0.3 is 0 Å². The number of benzene rings is 1. The average Bonchev–Trinajstić information content (AvgIpc) is 3.40. The van der Waals surface area contributed by atoms with Gasteiger partial charge < -0.3 is 14.8 Å². The van der Waals surface area contributed by atoms with E-state index in [1.165, 1.54) is 0 Å². The molecule has 152 valence electrons. The van der Waals surface area contributed by atoms with Crippen molar-refractivity contribution >= 4 is 22.6 Å². The van der Waals surface area contributed by atoms with Crippen molar-refractivity contribution in [3.8, 4) is 5.82 Å². The van der Waals surface area contributed by atoms with Gasteiger partial charge in [-0.2, -0.15) is 0 Å². The molecule has 0 spiro atoms. The lowest BCUT2D eigenvalue weighted by atomic mass is 10.1. The summed E-state index contributed by atoms with van der Waals surface area (Å²) >= 11 is 0. The maximum Gasteiger partial charge on any atom is 0.227 e. The summed E-state index contributed by atoms with van der Waals surface area (Å²) in [6.45, 7) is 4.81. The van der Waals surface area contributed by atoms with Gasteiger partial charge in [0, 0.05) is 61.7 Å². The first-order valence-corrected chi connectivity index (χ1v) is 10.1. The predicted octanol–water partition coefficient (Wildman–Crippen LogP) is 2.34. The standard InChI is InChI=1S/C22H23N7O/c1-16-23-6-7-29(16)21-13-20(25-15-26-21)27-8-10-28(11-9-27)22(30)12-17-14-24-19-5-3-2-4-18(17)19/h2-7,13-15,24H,8-12H2,1H3. The van der Waals surface area contributed by atoms with E-state index in [4.69, 9.17) is 0 Å². The second-order valence-electron chi connectivity index (χ2n) is 7.48. The SMILES string of the molecule is Cc1nccn1-c1cc(N2CCN(C(=O)Cc3c[nH]c4ccccc34)CC2)ncn1. The molecule has 1 aromatic carbocycles. The number of nitrogens with zero attached hydrogens (tertiary/aromatic N) is 6. The quantitative estimate of drug-likeness (QED) is 0.568. The number of aryl methyl sites for hydroxylation is 1. The second-order valence-corrected chi connectivity index (χ2v) is 7.48. The maximum atomic E-state index is 12.9. The van der Waals surface area contributed by atoms with E-state index >= 15 is 0 Å². The lowest BCUT2D eigenvalue weighted by Gasteiger charge is -2.35. The summed E-state index contributed by atoms with van der Waals surface area (Å²) < 4.78 is 1.94. The number of amides is 1. The van der Waals surface area contributed by atoms with Crippen molar-refractivity contribution < 1.29 is 4.79 Å². The third-order valence-electron chi connectivity index (χ3n) is 5.68. The highest BCUT2D eigenvalue weighted by Crippen LogP contribution is 2.20. The highest BCUT2D eigenvalue weighted by atomic mass is 16.2. The van der Waals surface area contributed by atoms with Crippen LogP contribution in [0.1, 0.15) is 11.4 Å². The zero-order valence-electron chi connectivity index (χ0n) is 16.8. The van der Waals surface area contributed by atoms with Crippen molar-refractivity contribution in [3.05, 3.63) is 66.6 Å². The van der Waals surface area contributed by atoms with Gasteiger partial charge in [-0.25, -0.2) is 15.0 Å². The molecule has 0 aliphatic carbocycles. The molecule has 1 aliphatic heterocycles. The van der Waals surface area contributed by atoms with Gasteiger partial charge in [0.15, 0.2) is 0 Å². The molecule has 3 aromatic heterocycles. The molecule has 1 N–H and O–H groups in total. The molecular formula is C22H23N7O. The van der Waals surface area contributed by atoms with Gasteiger partial charge in [-0.05, 0) is 18.6 Å². The van der Waals surface area contributed by atoms with Crippen LogP contribution in [0.4, 0.5) is 5.82 Å². The molecule has 8 heteroatoms. The Bertz CT molecular complexity index is 1190. The molecule has 0 bridgehead atoms. The van der Waals surface area contributed by atoms with Crippen LogP contribution in [-0.2, 0) is 11.2 Å². The van der Waals surface area contributed by atoms with E-state index in [0.717, 1.165) is 47.0 Å². The Morgan fingerprint density at radius 3 is 2.67 bits per heavy atom. The Morgan fingerprint density at radius 2 is 1.87 bits per heavy atom. The fourth-order valence-corrected chi connectivity index (χ4v) is 4.00. The van der Waals surface area contributed by atoms with Crippen molar-refractivity contribution in [2.24, 2.45) is 0 Å². The zero-order chi connectivity index (χ0) is 20.5. The molecule has 4 heterocycles. The summed E-state index contributed by atoms with van der Waals surface area (Å²) in [6, 6.07) is 10.1. The number of hydrogen-bond donors (Lipinski definition) is 1. The molecule has 5 rings (SSSR count). The van der Waals surface area contributed by atoms with E-state index < -0.39 is 0 Å². The summed E-state index contributed by atoms with van der Waals surface area (Å²) in [5.41, 5.74) is 2.12. The van der Waals surface area contributed by atoms with Crippen LogP contribution in [0.5, 0.6) is 0 Å². The van der Waals surface area contributed by atoms with Gasteiger partial charge in [0.2, 0.25) is 5.91 Å².